The van der Waals surface area contributed by atoms with Crippen molar-refractivity contribution in [3.8, 4) is 0 Å². The zero-order valence-corrected chi connectivity index (χ0v) is 13.0. The predicted octanol–water partition coefficient (Wildman–Crippen LogP) is 2.64. The lowest BCUT2D eigenvalue weighted by atomic mass is 9.73. The average Bonchev–Trinajstić information content (AvgIpc) is 2.44. The number of piperidine rings is 1. The first-order valence-electron chi connectivity index (χ1n) is 8.11. The maximum atomic E-state index is 6.23. The van der Waals surface area contributed by atoms with Gasteiger partial charge in [0.05, 0.1) is 12.1 Å². The van der Waals surface area contributed by atoms with E-state index in [0.717, 1.165) is 18.6 Å². The Morgan fingerprint density at radius 1 is 1.21 bits per heavy atom. The quantitative estimate of drug-likeness (QED) is 0.833. The van der Waals surface area contributed by atoms with E-state index in [1.807, 2.05) is 7.11 Å². The minimum Gasteiger partial charge on any atom is -0.383 e. The van der Waals surface area contributed by atoms with Gasteiger partial charge < -0.3 is 10.5 Å². The Bertz CT molecular complexity index is 280. The van der Waals surface area contributed by atoms with Gasteiger partial charge >= 0.3 is 0 Å². The lowest BCUT2D eigenvalue weighted by Gasteiger charge is -2.55. The molecule has 1 heterocycles. The standard InChI is InChI=1S/C16H32N2O/c1-13(2)16(11-17,12-19-3)18-10-6-8-14-7-4-5-9-15(14)18/h13-15H,4-12,17H2,1-3H3/t14-,15-,16?/m1/s1. The summed E-state index contributed by atoms with van der Waals surface area (Å²) in [5.41, 5.74) is 6.26. The van der Waals surface area contributed by atoms with Crippen LogP contribution in [0.3, 0.4) is 0 Å². The highest BCUT2D eigenvalue weighted by atomic mass is 16.5. The molecule has 2 N–H and O–H groups in total. The van der Waals surface area contributed by atoms with Crippen LogP contribution in [0.4, 0.5) is 0 Å². The second-order valence-corrected chi connectivity index (χ2v) is 6.84. The number of rotatable bonds is 5. The fourth-order valence-corrected chi connectivity index (χ4v) is 4.42. The Hall–Kier alpha value is -0.120. The zero-order valence-electron chi connectivity index (χ0n) is 13.0. The molecular weight excluding hydrogens is 236 g/mol. The first-order valence-corrected chi connectivity index (χ1v) is 8.11. The van der Waals surface area contributed by atoms with Crippen molar-refractivity contribution in [3.63, 3.8) is 0 Å². The number of nitrogens with zero attached hydrogens (tertiary/aromatic N) is 1. The number of fused-ring (bicyclic) bond motifs is 1. The molecule has 0 radical (unpaired) electrons. The first kappa shape index (κ1) is 15.3. The average molecular weight is 268 g/mol. The van der Waals surface area contributed by atoms with Crippen LogP contribution in [0.1, 0.15) is 52.4 Å². The molecule has 1 aliphatic carbocycles. The van der Waals surface area contributed by atoms with E-state index in [9.17, 15) is 0 Å². The molecule has 0 spiro atoms. The molecule has 1 unspecified atom stereocenters. The number of methoxy groups -OCH3 is 1. The van der Waals surface area contributed by atoms with E-state index in [1.165, 1.54) is 45.1 Å². The molecule has 0 aromatic heterocycles. The molecule has 1 aliphatic heterocycles. The van der Waals surface area contributed by atoms with Crippen molar-refractivity contribution in [1.29, 1.82) is 0 Å². The maximum Gasteiger partial charge on any atom is 0.0661 e. The Morgan fingerprint density at radius 3 is 2.53 bits per heavy atom. The van der Waals surface area contributed by atoms with Gasteiger partial charge in [-0.25, -0.2) is 0 Å². The SMILES string of the molecule is COCC(CN)(C(C)C)N1CCC[C@H]2CCCC[C@H]21. The van der Waals surface area contributed by atoms with E-state index < -0.39 is 0 Å². The summed E-state index contributed by atoms with van der Waals surface area (Å²) in [5.74, 6) is 1.45. The molecule has 0 amide bonds. The van der Waals surface area contributed by atoms with Gasteiger partial charge in [-0.1, -0.05) is 26.7 Å². The minimum absolute atomic E-state index is 0.0371. The molecule has 2 fully saturated rings. The molecule has 1 saturated heterocycles. The lowest BCUT2D eigenvalue weighted by Crippen LogP contribution is -2.66. The summed E-state index contributed by atoms with van der Waals surface area (Å²) in [6.45, 7) is 7.29. The smallest absolute Gasteiger partial charge is 0.0661 e. The van der Waals surface area contributed by atoms with Crippen LogP contribution in [-0.4, -0.2) is 43.3 Å². The van der Waals surface area contributed by atoms with E-state index in [1.54, 1.807) is 0 Å². The number of hydrogen-bond donors (Lipinski definition) is 1. The Kier molecular flexibility index (Phi) is 5.27. The van der Waals surface area contributed by atoms with Gasteiger partial charge in [0, 0.05) is 19.7 Å². The normalized spacial score (nSPS) is 32.1. The van der Waals surface area contributed by atoms with E-state index >= 15 is 0 Å². The summed E-state index contributed by atoms with van der Waals surface area (Å²) >= 11 is 0. The van der Waals surface area contributed by atoms with Gasteiger partial charge in [-0.05, 0) is 44.1 Å². The van der Waals surface area contributed by atoms with Crippen molar-refractivity contribution in [2.75, 3.05) is 26.8 Å². The molecule has 1 saturated carbocycles. The second-order valence-electron chi connectivity index (χ2n) is 6.84. The van der Waals surface area contributed by atoms with Crippen LogP contribution in [0.15, 0.2) is 0 Å². The Morgan fingerprint density at radius 2 is 1.89 bits per heavy atom. The molecule has 3 nitrogen and oxygen atoms in total. The molecule has 3 atom stereocenters. The van der Waals surface area contributed by atoms with Crippen molar-refractivity contribution >= 4 is 0 Å². The zero-order chi connectivity index (χ0) is 13.9. The van der Waals surface area contributed by atoms with Crippen LogP contribution in [0.2, 0.25) is 0 Å². The predicted molar refractivity (Wildman–Crippen MR) is 80.2 cm³/mol. The number of ether oxygens (including phenoxy) is 1. The van der Waals surface area contributed by atoms with Gasteiger partial charge in [-0.3, -0.25) is 4.90 Å². The molecule has 0 bridgehead atoms. The van der Waals surface area contributed by atoms with Crippen LogP contribution in [0.25, 0.3) is 0 Å². The summed E-state index contributed by atoms with van der Waals surface area (Å²) in [5, 5.41) is 0. The van der Waals surface area contributed by atoms with Gasteiger partial charge in [0.15, 0.2) is 0 Å². The van der Waals surface area contributed by atoms with Crippen LogP contribution in [0.5, 0.6) is 0 Å². The number of hydrogen-bond acceptors (Lipinski definition) is 3. The minimum atomic E-state index is 0.0371. The first-order chi connectivity index (χ1) is 9.15. The lowest BCUT2D eigenvalue weighted by molar-refractivity contribution is -0.0806. The van der Waals surface area contributed by atoms with Gasteiger partial charge in [-0.2, -0.15) is 0 Å². The molecule has 112 valence electrons. The topological polar surface area (TPSA) is 38.5 Å². The molecule has 3 heteroatoms. The third kappa shape index (κ3) is 2.84. The summed E-state index contributed by atoms with van der Waals surface area (Å²) in [6.07, 6.45) is 8.36. The van der Waals surface area contributed by atoms with Crippen molar-refractivity contribution in [2.24, 2.45) is 17.6 Å². The van der Waals surface area contributed by atoms with Gasteiger partial charge in [0.1, 0.15) is 0 Å². The molecule has 2 rings (SSSR count). The van der Waals surface area contributed by atoms with Crippen LogP contribution >= 0.6 is 0 Å². The van der Waals surface area contributed by atoms with Gasteiger partial charge in [0.25, 0.3) is 0 Å². The third-order valence-electron chi connectivity index (χ3n) is 5.64. The third-order valence-corrected chi connectivity index (χ3v) is 5.64. The highest BCUT2D eigenvalue weighted by Gasteiger charge is 2.46. The molecular formula is C16H32N2O. The van der Waals surface area contributed by atoms with E-state index in [-0.39, 0.29) is 5.54 Å². The van der Waals surface area contributed by atoms with E-state index in [2.05, 4.69) is 18.7 Å². The Balaban J connectivity index is 2.23. The van der Waals surface area contributed by atoms with Crippen LogP contribution < -0.4 is 5.73 Å². The van der Waals surface area contributed by atoms with Gasteiger partial charge in [-0.15, -0.1) is 0 Å². The molecule has 0 aromatic carbocycles. The fraction of sp³-hybridized carbons (Fsp3) is 1.00. The largest absolute Gasteiger partial charge is 0.383 e. The van der Waals surface area contributed by atoms with Crippen molar-refractivity contribution < 1.29 is 4.74 Å². The maximum absolute atomic E-state index is 6.23. The van der Waals surface area contributed by atoms with E-state index in [4.69, 9.17) is 10.5 Å². The second kappa shape index (κ2) is 6.55. The summed E-state index contributed by atoms with van der Waals surface area (Å²) in [6, 6.07) is 0.753. The van der Waals surface area contributed by atoms with Crippen molar-refractivity contribution in [2.45, 2.75) is 64.0 Å². The summed E-state index contributed by atoms with van der Waals surface area (Å²) in [4.78, 5) is 2.74. The molecule has 2 aliphatic rings. The monoisotopic (exact) mass is 268 g/mol. The van der Waals surface area contributed by atoms with Crippen molar-refractivity contribution in [3.05, 3.63) is 0 Å². The van der Waals surface area contributed by atoms with Crippen molar-refractivity contribution in [1.82, 2.24) is 4.90 Å². The molecule has 0 aromatic rings. The van der Waals surface area contributed by atoms with Crippen LogP contribution in [0, 0.1) is 11.8 Å². The summed E-state index contributed by atoms with van der Waals surface area (Å²) < 4.78 is 5.57. The van der Waals surface area contributed by atoms with Gasteiger partial charge in [0.2, 0.25) is 0 Å². The fourth-order valence-electron chi connectivity index (χ4n) is 4.42. The van der Waals surface area contributed by atoms with Crippen LogP contribution in [-0.2, 0) is 4.74 Å². The highest BCUT2D eigenvalue weighted by Crippen LogP contribution is 2.40. The van der Waals surface area contributed by atoms with E-state index in [0.29, 0.717) is 12.5 Å². The Labute approximate surface area is 118 Å². The molecule has 19 heavy (non-hydrogen) atoms. The number of nitrogens with two attached hydrogens (primary N) is 1. The number of likely N-dealkylation sites (tertiary alicyclic amines) is 1. The summed E-state index contributed by atoms with van der Waals surface area (Å²) in [7, 11) is 1.81. The highest BCUT2D eigenvalue weighted by molar-refractivity contribution is 5.01.